The summed E-state index contributed by atoms with van der Waals surface area (Å²) in [6.45, 7) is 16.9. The number of aromatic nitrogens is 1. The zero-order valence-corrected chi connectivity index (χ0v) is 30.2. The summed E-state index contributed by atoms with van der Waals surface area (Å²) in [6.07, 6.45) is 1.23. The van der Waals surface area contributed by atoms with Crippen LogP contribution in [0.1, 0.15) is 75.6 Å². The lowest BCUT2D eigenvalue weighted by atomic mass is 9.98. The Morgan fingerprint density at radius 3 is 2.06 bits per heavy atom. The lowest BCUT2D eigenvalue weighted by Crippen LogP contribution is -2.66. The number of oxime groups is 1. The number of anilines is 1. The molecule has 4 aromatic rings. The molecule has 5 rings (SSSR count). The Balaban J connectivity index is 1.74. The summed E-state index contributed by atoms with van der Waals surface area (Å²) in [5.41, 5.74) is 2.61. The number of halogens is 1. The van der Waals surface area contributed by atoms with Crippen molar-refractivity contribution >= 4 is 35.9 Å². The topological polar surface area (TPSA) is 73.2 Å². The van der Waals surface area contributed by atoms with Gasteiger partial charge in [0, 0.05) is 36.1 Å². The van der Waals surface area contributed by atoms with Crippen LogP contribution in [0.5, 0.6) is 5.75 Å². The number of ketones is 1. The first-order valence-corrected chi connectivity index (χ1v) is 18.4. The fourth-order valence-electron chi connectivity index (χ4n) is 6.59. The van der Waals surface area contributed by atoms with Gasteiger partial charge in [-0.1, -0.05) is 86.6 Å². The molecule has 0 unspecified atom stereocenters. The largest absolute Gasteiger partial charge is 0.403 e. The summed E-state index contributed by atoms with van der Waals surface area (Å²) in [4.78, 5) is 26.2. The van der Waals surface area contributed by atoms with E-state index in [1.165, 1.54) is 6.20 Å². The van der Waals surface area contributed by atoms with E-state index >= 15 is 4.39 Å². The van der Waals surface area contributed by atoms with Gasteiger partial charge in [0.15, 0.2) is 11.6 Å². The second-order valence-electron chi connectivity index (χ2n) is 13.8. The van der Waals surface area contributed by atoms with Gasteiger partial charge in [0.2, 0.25) is 5.75 Å². The van der Waals surface area contributed by atoms with Crippen LogP contribution in [0.4, 0.5) is 10.1 Å². The monoisotopic (exact) mass is 667 g/mol. The number of morpholine rings is 1. The highest BCUT2D eigenvalue weighted by Crippen LogP contribution is 2.41. The highest BCUT2D eigenvalue weighted by Gasteiger charge is 2.50. The Labute approximate surface area is 284 Å². The molecule has 1 aliphatic heterocycles. The smallest absolute Gasteiger partial charge is 0.261 e. The minimum atomic E-state index is -3.02. The predicted molar refractivity (Wildman–Crippen MR) is 193 cm³/mol. The van der Waals surface area contributed by atoms with E-state index < -0.39 is 19.9 Å². The molecule has 2 heterocycles. The maximum Gasteiger partial charge on any atom is 0.261 e. The standard InChI is InChI=1S/C39H46FN3O4Si/c1-26(2)42-47-38-34(37(44)30-20-19-27(3)41-22-30)21-31(36(35(38)40)43-23-28(4)46-29(5)24-43)25-45-48(39(6,7)8,32-15-11-9-12-16-32)33-17-13-10-14-18-33/h9-22,28-29H,23-25H2,1-8H3/t28-,29+. The Morgan fingerprint density at radius 1 is 0.979 bits per heavy atom. The van der Waals surface area contributed by atoms with Crippen molar-refractivity contribution in [3.8, 4) is 5.75 Å². The number of rotatable bonds is 10. The number of nitrogens with zero attached hydrogens (tertiary/aromatic N) is 3. The summed E-state index contributed by atoms with van der Waals surface area (Å²) < 4.78 is 30.6. The molecule has 0 N–H and O–H groups in total. The fourth-order valence-corrected chi connectivity index (χ4v) is 11.1. The van der Waals surface area contributed by atoms with Crippen LogP contribution in [0.3, 0.4) is 0 Å². The van der Waals surface area contributed by atoms with Gasteiger partial charge in [-0.2, -0.15) is 0 Å². The number of ether oxygens (including phenoxy) is 1. The number of hydrogen-bond donors (Lipinski definition) is 0. The Morgan fingerprint density at radius 2 is 1.56 bits per heavy atom. The van der Waals surface area contributed by atoms with E-state index in [1.807, 2.05) is 62.1 Å². The Hall–Kier alpha value is -4.18. The third-order valence-electron chi connectivity index (χ3n) is 8.61. The average molecular weight is 668 g/mol. The molecule has 7 nitrogen and oxygen atoms in total. The number of aryl methyl sites for hydroxylation is 1. The van der Waals surface area contributed by atoms with Crippen LogP contribution < -0.4 is 20.1 Å². The summed E-state index contributed by atoms with van der Waals surface area (Å²) in [6, 6.07) is 25.8. The van der Waals surface area contributed by atoms with Crippen molar-refractivity contribution in [2.24, 2.45) is 5.16 Å². The molecule has 1 saturated heterocycles. The van der Waals surface area contributed by atoms with Crippen molar-refractivity contribution < 1.29 is 23.2 Å². The quantitative estimate of drug-likeness (QED) is 0.0770. The first kappa shape index (κ1) is 35.1. The van der Waals surface area contributed by atoms with Gasteiger partial charge < -0.3 is 18.9 Å². The molecule has 1 aliphatic rings. The zero-order chi connectivity index (χ0) is 34.6. The fraction of sp³-hybridized carbons (Fsp3) is 0.359. The molecule has 252 valence electrons. The van der Waals surface area contributed by atoms with Gasteiger partial charge in [-0.15, -0.1) is 0 Å². The first-order chi connectivity index (χ1) is 22.8. The molecule has 1 fully saturated rings. The highest BCUT2D eigenvalue weighted by atomic mass is 28.4. The Kier molecular flexibility index (Phi) is 10.6. The lowest BCUT2D eigenvalue weighted by molar-refractivity contribution is -0.00552. The third kappa shape index (κ3) is 7.28. The van der Waals surface area contributed by atoms with Crippen LogP contribution in [0.25, 0.3) is 0 Å². The van der Waals surface area contributed by atoms with E-state index in [1.54, 1.807) is 32.0 Å². The van der Waals surface area contributed by atoms with Gasteiger partial charge in [0.1, 0.15) is 0 Å². The van der Waals surface area contributed by atoms with Crippen molar-refractivity contribution in [2.45, 2.75) is 79.2 Å². The van der Waals surface area contributed by atoms with E-state index in [9.17, 15) is 4.79 Å². The van der Waals surface area contributed by atoms with Crippen LogP contribution in [-0.4, -0.2) is 50.1 Å². The predicted octanol–water partition coefficient (Wildman–Crippen LogP) is 7.22. The number of carbonyl (C=O) groups excluding carboxylic acids is 1. The molecule has 48 heavy (non-hydrogen) atoms. The van der Waals surface area contributed by atoms with E-state index in [4.69, 9.17) is 14.0 Å². The van der Waals surface area contributed by atoms with Crippen molar-refractivity contribution in [3.05, 3.63) is 113 Å². The molecule has 0 radical (unpaired) electrons. The summed E-state index contributed by atoms with van der Waals surface area (Å²) >= 11 is 0. The van der Waals surface area contributed by atoms with E-state index in [-0.39, 0.29) is 35.2 Å². The van der Waals surface area contributed by atoms with Gasteiger partial charge in [0.25, 0.3) is 8.32 Å². The first-order valence-electron chi connectivity index (χ1n) is 16.5. The number of pyridine rings is 1. The van der Waals surface area contributed by atoms with Gasteiger partial charge >= 0.3 is 0 Å². The summed E-state index contributed by atoms with van der Waals surface area (Å²) in [5, 5.41) is 6.00. The number of benzene rings is 3. The lowest BCUT2D eigenvalue weighted by Gasteiger charge is -2.43. The molecule has 0 spiro atoms. The Bertz CT molecular complexity index is 1700. The van der Waals surface area contributed by atoms with Crippen molar-refractivity contribution in [1.82, 2.24) is 4.98 Å². The molecular weight excluding hydrogens is 622 g/mol. The molecule has 0 saturated carbocycles. The van der Waals surface area contributed by atoms with Crippen molar-refractivity contribution in [2.75, 3.05) is 18.0 Å². The summed E-state index contributed by atoms with van der Waals surface area (Å²) in [5.74, 6) is -1.30. The van der Waals surface area contributed by atoms with E-state index in [0.29, 0.717) is 35.6 Å². The maximum atomic E-state index is 17.2. The van der Waals surface area contributed by atoms with Crippen molar-refractivity contribution in [1.29, 1.82) is 0 Å². The number of hydrogen-bond acceptors (Lipinski definition) is 7. The molecule has 2 atom stereocenters. The van der Waals surface area contributed by atoms with Crippen LogP contribution >= 0.6 is 0 Å². The summed E-state index contributed by atoms with van der Waals surface area (Å²) in [7, 11) is -3.02. The molecule has 0 aliphatic carbocycles. The van der Waals surface area contributed by atoms with Crippen LogP contribution in [0.2, 0.25) is 5.04 Å². The van der Waals surface area contributed by atoms with Crippen LogP contribution in [0, 0.1) is 12.7 Å². The van der Waals surface area contributed by atoms with Gasteiger partial charge in [0.05, 0.1) is 35.8 Å². The van der Waals surface area contributed by atoms with Crippen LogP contribution in [-0.2, 0) is 15.8 Å². The second kappa shape index (κ2) is 14.5. The molecule has 9 heteroatoms. The normalized spacial score (nSPS) is 16.8. The second-order valence-corrected chi connectivity index (χ2v) is 18.1. The third-order valence-corrected chi connectivity index (χ3v) is 13.6. The minimum absolute atomic E-state index is 0.0577. The van der Waals surface area contributed by atoms with Crippen molar-refractivity contribution in [3.63, 3.8) is 0 Å². The van der Waals surface area contributed by atoms with Gasteiger partial charge in [-0.3, -0.25) is 9.78 Å². The zero-order valence-electron chi connectivity index (χ0n) is 29.2. The van der Waals surface area contributed by atoms with E-state index in [2.05, 4.69) is 55.2 Å². The molecule has 0 bridgehead atoms. The van der Waals surface area contributed by atoms with E-state index in [0.717, 1.165) is 16.1 Å². The number of carbonyl (C=O) groups is 1. The van der Waals surface area contributed by atoms with Gasteiger partial charge in [-0.25, -0.2) is 4.39 Å². The molecule has 0 amide bonds. The van der Waals surface area contributed by atoms with Crippen LogP contribution in [0.15, 0.2) is 90.2 Å². The minimum Gasteiger partial charge on any atom is -0.403 e. The maximum absolute atomic E-state index is 17.2. The SMILES string of the molecule is CC(C)=NOc1c(C(=O)c2ccc(C)nc2)cc(CO[Si](c2ccccc2)(c2ccccc2)C(C)(C)C)c(N2C[C@@H](C)O[C@@H](C)C2)c1F. The average Bonchev–Trinajstić information content (AvgIpc) is 3.04. The molecule has 1 aromatic heterocycles. The molecule has 3 aromatic carbocycles. The molecular formula is C39H46FN3O4Si. The highest BCUT2D eigenvalue weighted by molar-refractivity contribution is 6.99. The van der Waals surface area contributed by atoms with Gasteiger partial charge in [-0.05, 0) is 68.2 Å².